The molecule has 3 heteroatoms. The van der Waals surface area contributed by atoms with E-state index in [-0.39, 0.29) is 16.5 Å². The first-order valence-electron chi connectivity index (χ1n) is 13.0. The van der Waals surface area contributed by atoms with Gasteiger partial charge >= 0.3 is 0 Å². The minimum absolute atomic E-state index is 0.00465. The lowest BCUT2D eigenvalue weighted by Gasteiger charge is -2.48. The summed E-state index contributed by atoms with van der Waals surface area (Å²) < 4.78 is 6.89. The van der Waals surface area contributed by atoms with Gasteiger partial charge in [-0.25, -0.2) is 0 Å². The molecule has 0 spiro atoms. The number of benzene rings is 2. The monoisotopic (exact) mass is 473 g/mol. The molecule has 1 aliphatic carbocycles. The summed E-state index contributed by atoms with van der Waals surface area (Å²) in [5, 5.41) is 0.190. The van der Waals surface area contributed by atoms with Crippen molar-refractivity contribution in [2.75, 3.05) is 0 Å². The molecule has 0 bridgehead atoms. The quantitative estimate of drug-likeness (QED) is 0.307. The molecular formula is C31H43NOSi. The Bertz CT molecular complexity index is 959. The number of rotatable bonds is 6. The Kier molecular flexibility index (Phi) is 6.99. The second-order valence-electron chi connectivity index (χ2n) is 12.0. The summed E-state index contributed by atoms with van der Waals surface area (Å²) in [5.41, 5.74) is 2.83. The highest BCUT2D eigenvalue weighted by atomic mass is 28.4. The lowest BCUT2D eigenvalue weighted by atomic mass is 9.73. The minimum Gasteiger partial charge on any atom is -0.547 e. The molecule has 0 amide bonds. The highest BCUT2D eigenvalue weighted by Crippen LogP contribution is 2.52. The maximum absolute atomic E-state index is 6.89. The number of hydrogen-bond acceptors (Lipinski definition) is 2. The van der Waals surface area contributed by atoms with Crippen molar-refractivity contribution in [3.05, 3.63) is 96.3 Å². The van der Waals surface area contributed by atoms with Crippen LogP contribution in [0.15, 0.2) is 85.2 Å². The highest BCUT2D eigenvalue weighted by Gasteiger charge is 2.47. The Balaban J connectivity index is 1.79. The summed E-state index contributed by atoms with van der Waals surface area (Å²) in [6.45, 7) is 18.4. The van der Waals surface area contributed by atoms with E-state index in [1.165, 1.54) is 29.7 Å². The molecular weight excluding hydrogens is 430 g/mol. The fourth-order valence-electron chi connectivity index (χ4n) is 5.45. The van der Waals surface area contributed by atoms with Crippen molar-refractivity contribution in [1.82, 2.24) is 4.90 Å². The van der Waals surface area contributed by atoms with Crippen LogP contribution in [-0.2, 0) is 4.43 Å². The molecule has 2 aliphatic rings. The van der Waals surface area contributed by atoms with Gasteiger partial charge in [-0.05, 0) is 54.6 Å². The molecule has 2 aromatic carbocycles. The van der Waals surface area contributed by atoms with Gasteiger partial charge in [-0.3, -0.25) is 4.90 Å². The Morgan fingerprint density at radius 3 is 1.88 bits per heavy atom. The molecule has 0 saturated carbocycles. The Morgan fingerprint density at radius 2 is 1.44 bits per heavy atom. The molecule has 1 fully saturated rings. The number of allylic oxidation sites excluding steroid dienone is 1. The second kappa shape index (κ2) is 9.51. The molecule has 2 aromatic rings. The van der Waals surface area contributed by atoms with Gasteiger partial charge in [-0.1, -0.05) is 94.4 Å². The van der Waals surface area contributed by atoms with Gasteiger partial charge in [0.1, 0.15) is 0 Å². The third-order valence-corrected chi connectivity index (χ3v) is 13.1. The van der Waals surface area contributed by atoms with Crippen LogP contribution in [0.25, 0.3) is 0 Å². The first-order chi connectivity index (χ1) is 16.1. The van der Waals surface area contributed by atoms with Gasteiger partial charge in [0.05, 0.1) is 5.76 Å². The van der Waals surface area contributed by atoms with E-state index >= 15 is 0 Å². The Morgan fingerprint density at radius 1 is 0.941 bits per heavy atom. The normalized spacial score (nSPS) is 28.4. The molecule has 0 radical (unpaired) electrons. The average molecular weight is 474 g/mol. The molecule has 1 saturated heterocycles. The van der Waals surface area contributed by atoms with E-state index in [1.807, 2.05) is 0 Å². The van der Waals surface area contributed by atoms with E-state index in [0.29, 0.717) is 12.1 Å². The van der Waals surface area contributed by atoms with Crippen molar-refractivity contribution >= 4 is 8.32 Å². The smallest absolute Gasteiger partial charge is 0.250 e. The lowest BCUT2D eigenvalue weighted by Crippen LogP contribution is -2.48. The van der Waals surface area contributed by atoms with E-state index in [0.717, 1.165) is 12.8 Å². The first-order valence-corrected chi connectivity index (χ1v) is 15.9. The molecule has 34 heavy (non-hydrogen) atoms. The third kappa shape index (κ3) is 4.83. The number of nitrogens with zero attached hydrogens (tertiary/aromatic N) is 1. The standard InChI is InChI=1S/C31H43NOSi/c1-8-31(5)22-21-26(33-34(6,7)30(2,3)4)23-29(31)32-27(24-15-11-9-12-16-24)19-20-28(32)25-17-13-10-14-18-25/h8-18,23,27-29H,1,19-22H2,2-7H3/t27-,28-,29-,31+/m1/s1. The predicted molar refractivity (Wildman–Crippen MR) is 147 cm³/mol. The van der Waals surface area contributed by atoms with Crippen molar-refractivity contribution in [3.8, 4) is 0 Å². The van der Waals surface area contributed by atoms with Crippen LogP contribution in [0.3, 0.4) is 0 Å². The zero-order valence-corrected chi connectivity index (χ0v) is 23.1. The first kappa shape index (κ1) is 25.0. The minimum atomic E-state index is -1.89. The van der Waals surface area contributed by atoms with Crippen LogP contribution in [0.1, 0.15) is 76.6 Å². The molecule has 4 atom stereocenters. The topological polar surface area (TPSA) is 12.5 Å². The highest BCUT2D eigenvalue weighted by molar-refractivity contribution is 6.74. The zero-order valence-electron chi connectivity index (χ0n) is 22.1. The fourth-order valence-corrected chi connectivity index (χ4v) is 6.58. The summed E-state index contributed by atoms with van der Waals surface area (Å²) in [6.07, 6.45) is 9.08. The van der Waals surface area contributed by atoms with Crippen molar-refractivity contribution in [3.63, 3.8) is 0 Å². The summed E-state index contributed by atoms with van der Waals surface area (Å²) in [7, 11) is -1.89. The van der Waals surface area contributed by atoms with Crippen LogP contribution in [-0.4, -0.2) is 19.3 Å². The predicted octanol–water partition coefficient (Wildman–Crippen LogP) is 8.83. The van der Waals surface area contributed by atoms with Crippen LogP contribution in [0.4, 0.5) is 0 Å². The van der Waals surface area contributed by atoms with E-state index in [4.69, 9.17) is 4.43 Å². The van der Waals surface area contributed by atoms with Gasteiger partial charge in [0.25, 0.3) is 0 Å². The maximum Gasteiger partial charge on any atom is 0.250 e. The van der Waals surface area contributed by atoms with E-state index < -0.39 is 8.32 Å². The number of hydrogen-bond donors (Lipinski definition) is 0. The van der Waals surface area contributed by atoms with Crippen LogP contribution in [0.2, 0.25) is 18.1 Å². The second-order valence-corrected chi connectivity index (χ2v) is 16.8. The van der Waals surface area contributed by atoms with Crippen molar-refractivity contribution in [2.45, 2.75) is 89.6 Å². The number of likely N-dealkylation sites (tertiary alicyclic amines) is 1. The van der Waals surface area contributed by atoms with Crippen molar-refractivity contribution in [1.29, 1.82) is 0 Å². The molecule has 0 N–H and O–H groups in total. The van der Waals surface area contributed by atoms with Gasteiger partial charge in [0.15, 0.2) is 0 Å². The van der Waals surface area contributed by atoms with Gasteiger partial charge in [-0.2, -0.15) is 0 Å². The zero-order chi connectivity index (χ0) is 24.6. The summed E-state index contributed by atoms with van der Waals surface area (Å²) in [4.78, 5) is 2.79. The summed E-state index contributed by atoms with van der Waals surface area (Å²) in [5.74, 6) is 1.20. The SMILES string of the molecule is C=C[C@@]1(C)CCC(O[Si](C)(C)C(C)(C)C)=C[C@H]1N1[C@@H](c2ccccc2)CC[C@@H]1c1ccccc1. The largest absolute Gasteiger partial charge is 0.547 e. The van der Waals surface area contributed by atoms with E-state index in [1.54, 1.807) is 0 Å². The molecule has 0 aromatic heterocycles. The molecule has 182 valence electrons. The van der Waals surface area contributed by atoms with E-state index in [2.05, 4.69) is 125 Å². The Labute approximate surface area is 208 Å². The molecule has 2 nitrogen and oxygen atoms in total. The van der Waals surface area contributed by atoms with Gasteiger partial charge < -0.3 is 4.43 Å². The molecule has 1 aliphatic heterocycles. The Hall–Kier alpha value is -2.10. The van der Waals surface area contributed by atoms with Crippen LogP contribution in [0.5, 0.6) is 0 Å². The molecule has 1 heterocycles. The summed E-state index contributed by atoms with van der Waals surface area (Å²) in [6, 6.07) is 23.2. The molecule has 0 unspecified atom stereocenters. The van der Waals surface area contributed by atoms with Crippen LogP contribution < -0.4 is 0 Å². The van der Waals surface area contributed by atoms with Crippen molar-refractivity contribution in [2.24, 2.45) is 5.41 Å². The van der Waals surface area contributed by atoms with E-state index in [9.17, 15) is 0 Å². The van der Waals surface area contributed by atoms with Gasteiger partial charge in [-0.15, -0.1) is 6.58 Å². The van der Waals surface area contributed by atoms with Crippen LogP contribution in [0, 0.1) is 5.41 Å². The third-order valence-electron chi connectivity index (χ3n) is 8.71. The summed E-state index contributed by atoms with van der Waals surface area (Å²) >= 11 is 0. The lowest BCUT2D eigenvalue weighted by molar-refractivity contribution is 0.0707. The maximum atomic E-state index is 6.89. The fraction of sp³-hybridized carbons (Fsp3) is 0.484. The average Bonchev–Trinajstić information content (AvgIpc) is 3.25. The van der Waals surface area contributed by atoms with Gasteiger partial charge in [0, 0.05) is 30.0 Å². The molecule has 4 rings (SSSR count). The van der Waals surface area contributed by atoms with Crippen molar-refractivity contribution < 1.29 is 4.43 Å². The van der Waals surface area contributed by atoms with Gasteiger partial charge in [0.2, 0.25) is 8.32 Å². The van der Waals surface area contributed by atoms with Crippen LogP contribution >= 0.6 is 0 Å².